The molecule has 0 radical (unpaired) electrons. The van der Waals surface area contributed by atoms with Crippen LogP contribution in [0.5, 0.6) is 0 Å². The van der Waals surface area contributed by atoms with Gasteiger partial charge >= 0.3 is 0 Å². The summed E-state index contributed by atoms with van der Waals surface area (Å²) in [4.78, 5) is 26.2. The molecule has 0 bridgehead atoms. The molecule has 5 heteroatoms. The van der Waals surface area contributed by atoms with Gasteiger partial charge in [0.05, 0.1) is 5.56 Å². The second-order valence-corrected chi connectivity index (χ2v) is 3.59. The maximum Gasteiger partial charge on any atom is 0.253 e. The molecule has 0 spiro atoms. The molecule has 0 saturated heterocycles. The van der Waals surface area contributed by atoms with E-state index < -0.39 is 17.6 Å². The number of nitrogens with two attached hydrogens (primary N) is 1. The third kappa shape index (κ3) is 2.24. The Labute approximate surface area is 102 Å². The highest BCUT2D eigenvalue weighted by molar-refractivity contribution is 6.08. The lowest BCUT2D eigenvalue weighted by Crippen LogP contribution is -2.15. The molecule has 90 valence electrons. The van der Waals surface area contributed by atoms with Gasteiger partial charge in [0.15, 0.2) is 0 Å². The summed E-state index contributed by atoms with van der Waals surface area (Å²) in [5, 5.41) is 0. The topological polar surface area (TPSA) is 73.1 Å². The van der Waals surface area contributed by atoms with Crippen molar-refractivity contribution in [1.82, 2.24) is 4.98 Å². The molecule has 1 amide bonds. The Kier molecular flexibility index (Phi) is 3.14. The summed E-state index contributed by atoms with van der Waals surface area (Å²) in [6.07, 6.45) is 0. The fraction of sp³-hybridized carbons (Fsp3) is 0. The second kappa shape index (κ2) is 4.75. The number of amides is 1. The van der Waals surface area contributed by atoms with Gasteiger partial charge in [0, 0.05) is 5.56 Å². The average molecular weight is 244 g/mol. The lowest BCUT2D eigenvalue weighted by Gasteiger charge is -2.02. The number of pyridine rings is 1. The highest BCUT2D eigenvalue weighted by Crippen LogP contribution is 2.10. The van der Waals surface area contributed by atoms with Crippen LogP contribution in [0.4, 0.5) is 4.39 Å². The van der Waals surface area contributed by atoms with Crippen molar-refractivity contribution in [3.8, 4) is 0 Å². The van der Waals surface area contributed by atoms with Gasteiger partial charge in [-0.05, 0) is 12.1 Å². The lowest BCUT2D eigenvalue weighted by atomic mass is 10.1. The van der Waals surface area contributed by atoms with Gasteiger partial charge in [0.2, 0.25) is 11.7 Å². The molecule has 0 fully saturated rings. The van der Waals surface area contributed by atoms with Crippen molar-refractivity contribution in [1.29, 1.82) is 0 Å². The largest absolute Gasteiger partial charge is 0.365 e. The zero-order valence-corrected chi connectivity index (χ0v) is 9.26. The molecule has 1 aromatic carbocycles. The second-order valence-electron chi connectivity index (χ2n) is 3.59. The molecular weight excluding hydrogens is 235 g/mol. The Balaban J connectivity index is 2.39. The lowest BCUT2D eigenvalue weighted by molar-refractivity contribution is 0.0990. The highest BCUT2D eigenvalue weighted by Gasteiger charge is 2.15. The first-order chi connectivity index (χ1) is 8.59. The van der Waals surface area contributed by atoms with Crippen LogP contribution in [0, 0.1) is 5.95 Å². The van der Waals surface area contributed by atoms with Crippen LogP contribution in [0.2, 0.25) is 0 Å². The minimum absolute atomic E-state index is 0.0660. The first-order valence-corrected chi connectivity index (χ1v) is 5.15. The molecule has 2 aromatic rings. The Morgan fingerprint density at radius 2 is 1.72 bits per heavy atom. The first kappa shape index (κ1) is 11.9. The SMILES string of the molecule is NC(=O)c1ccc(C(=O)c2ccccc2)nc1F. The third-order valence-electron chi connectivity index (χ3n) is 2.38. The van der Waals surface area contributed by atoms with Crippen LogP contribution in [0.1, 0.15) is 26.4 Å². The molecule has 18 heavy (non-hydrogen) atoms. The predicted octanol–water partition coefficient (Wildman–Crippen LogP) is 1.55. The summed E-state index contributed by atoms with van der Waals surface area (Å²) in [6, 6.07) is 10.8. The fourth-order valence-electron chi connectivity index (χ4n) is 1.48. The van der Waals surface area contributed by atoms with E-state index in [4.69, 9.17) is 5.73 Å². The molecule has 0 unspecified atom stereocenters. The molecule has 0 aliphatic heterocycles. The van der Waals surface area contributed by atoms with Gasteiger partial charge in [-0.1, -0.05) is 30.3 Å². The quantitative estimate of drug-likeness (QED) is 0.657. The summed E-state index contributed by atoms with van der Waals surface area (Å²) < 4.78 is 13.4. The number of rotatable bonds is 3. The number of carbonyl (C=O) groups excluding carboxylic acids is 2. The summed E-state index contributed by atoms with van der Waals surface area (Å²) >= 11 is 0. The molecule has 4 nitrogen and oxygen atoms in total. The number of nitrogens with zero attached hydrogens (tertiary/aromatic N) is 1. The van der Waals surface area contributed by atoms with Crippen LogP contribution >= 0.6 is 0 Å². The molecule has 1 heterocycles. The van der Waals surface area contributed by atoms with Crippen LogP contribution in [0.3, 0.4) is 0 Å². The molecule has 2 rings (SSSR count). The standard InChI is InChI=1S/C13H9FN2O2/c14-12-9(13(15)18)6-7-10(16-12)11(17)8-4-2-1-3-5-8/h1-7H,(H2,15,18). The number of hydrogen-bond donors (Lipinski definition) is 1. The maximum absolute atomic E-state index is 13.4. The number of hydrogen-bond acceptors (Lipinski definition) is 3. The monoisotopic (exact) mass is 244 g/mol. The van der Waals surface area contributed by atoms with Gasteiger partial charge in [0.25, 0.3) is 5.91 Å². The minimum atomic E-state index is -1.04. The predicted molar refractivity (Wildman–Crippen MR) is 62.6 cm³/mol. The van der Waals surface area contributed by atoms with Gasteiger partial charge in [-0.15, -0.1) is 0 Å². The van der Waals surface area contributed by atoms with E-state index in [1.54, 1.807) is 30.3 Å². The Morgan fingerprint density at radius 3 is 2.28 bits per heavy atom. The summed E-state index contributed by atoms with van der Waals surface area (Å²) in [6.45, 7) is 0. The number of ketones is 1. The summed E-state index contributed by atoms with van der Waals surface area (Å²) in [5.41, 5.74) is 4.95. The van der Waals surface area contributed by atoms with Gasteiger partial charge in [-0.2, -0.15) is 4.39 Å². The molecule has 0 aliphatic carbocycles. The molecular formula is C13H9FN2O2. The van der Waals surface area contributed by atoms with Gasteiger partial charge in [-0.3, -0.25) is 9.59 Å². The van der Waals surface area contributed by atoms with Crippen molar-refractivity contribution in [2.45, 2.75) is 0 Å². The fourth-order valence-corrected chi connectivity index (χ4v) is 1.48. The Morgan fingerprint density at radius 1 is 1.06 bits per heavy atom. The normalized spacial score (nSPS) is 10.1. The zero-order chi connectivity index (χ0) is 13.1. The summed E-state index contributed by atoms with van der Waals surface area (Å²) in [5.74, 6) is -2.37. The third-order valence-corrected chi connectivity index (χ3v) is 2.38. The average Bonchev–Trinajstić information content (AvgIpc) is 2.38. The van der Waals surface area contributed by atoms with Crippen molar-refractivity contribution < 1.29 is 14.0 Å². The molecule has 2 N–H and O–H groups in total. The van der Waals surface area contributed by atoms with Crippen molar-refractivity contribution >= 4 is 11.7 Å². The van der Waals surface area contributed by atoms with Crippen LogP contribution in [-0.4, -0.2) is 16.7 Å². The van der Waals surface area contributed by atoms with Crippen molar-refractivity contribution in [2.24, 2.45) is 5.73 Å². The van der Waals surface area contributed by atoms with Crippen LogP contribution in [0.25, 0.3) is 0 Å². The first-order valence-electron chi connectivity index (χ1n) is 5.15. The van der Waals surface area contributed by atoms with E-state index in [1.807, 2.05) is 0 Å². The van der Waals surface area contributed by atoms with E-state index in [1.165, 1.54) is 6.07 Å². The Hall–Kier alpha value is -2.56. The highest BCUT2D eigenvalue weighted by atomic mass is 19.1. The van der Waals surface area contributed by atoms with E-state index in [-0.39, 0.29) is 11.3 Å². The van der Waals surface area contributed by atoms with Crippen LogP contribution in [-0.2, 0) is 0 Å². The number of aromatic nitrogens is 1. The van der Waals surface area contributed by atoms with E-state index in [0.29, 0.717) is 5.56 Å². The van der Waals surface area contributed by atoms with Gasteiger partial charge in [0.1, 0.15) is 5.69 Å². The van der Waals surface area contributed by atoms with E-state index in [0.717, 1.165) is 6.07 Å². The van der Waals surface area contributed by atoms with E-state index in [2.05, 4.69) is 4.98 Å². The molecule has 0 atom stereocenters. The van der Waals surface area contributed by atoms with Crippen molar-refractivity contribution in [2.75, 3.05) is 0 Å². The maximum atomic E-state index is 13.4. The molecule has 0 saturated carbocycles. The number of primary amides is 1. The Bertz CT molecular complexity index is 612. The number of carbonyl (C=O) groups is 2. The smallest absolute Gasteiger partial charge is 0.253 e. The summed E-state index contributed by atoms with van der Waals surface area (Å²) in [7, 11) is 0. The zero-order valence-electron chi connectivity index (χ0n) is 9.26. The minimum Gasteiger partial charge on any atom is -0.365 e. The van der Waals surface area contributed by atoms with Gasteiger partial charge in [-0.25, -0.2) is 4.98 Å². The molecule has 1 aromatic heterocycles. The van der Waals surface area contributed by atoms with Crippen molar-refractivity contribution in [3.63, 3.8) is 0 Å². The number of halogens is 1. The molecule has 0 aliphatic rings. The van der Waals surface area contributed by atoms with Crippen LogP contribution in [0.15, 0.2) is 42.5 Å². The van der Waals surface area contributed by atoms with E-state index >= 15 is 0 Å². The van der Waals surface area contributed by atoms with Crippen LogP contribution < -0.4 is 5.73 Å². The van der Waals surface area contributed by atoms with Crippen molar-refractivity contribution in [3.05, 3.63) is 65.2 Å². The van der Waals surface area contributed by atoms with Gasteiger partial charge < -0.3 is 5.73 Å². The van der Waals surface area contributed by atoms with E-state index in [9.17, 15) is 14.0 Å². The number of benzene rings is 1.